The van der Waals surface area contributed by atoms with Crippen molar-refractivity contribution in [1.29, 1.82) is 0 Å². The normalized spacial score (nSPS) is 10.7. The van der Waals surface area contributed by atoms with Gasteiger partial charge >= 0.3 is 0 Å². The molecule has 2 heterocycles. The van der Waals surface area contributed by atoms with Crippen LogP contribution in [0.5, 0.6) is 5.88 Å². The summed E-state index contributed by atoms with van der Waals surface area (Å²) < 4.78 is 7.28. The van der Waals surface area contributed by atoms with Crippen LogP contribution in [0.2, 0.25) is 0 Å². The number of ether oxygens (including phenoxy) is 1. The maximum atomic E-state index is 5.28. The summed E-state index contributed by atoms with van der Waals surface area (Å²) in [5.74, 6) is 0.658. The predicted octanol–water partition coefficient (Wildman–Crippen LogP) is 1.67. The molecule has 0 saturated heterocycles. The summed E-state index contributed by atoms with van der Waals surface area (Å²) in [6.45, 7) is 5.64. The molecule has 1 N–H and O–H groups in total. The van der Waals surface area contributed by atoms with E-state index in [1.54, 1.807) is 13.3 Å². The largest absolute Gasteiger partial charge is 0.481 e. The highest BCUT2D eigenvalue weighted by atomic mass is 16.5. The monoisotopic (exact) mass is 260 g/mol. The van der Waals surface area contributed by atoms with Crippen LogP contribution in [-0.4, -0.2) is 28.9 Å². The number of pyridine rings is 1. The van der Waals surface area contributed by atoms with Gasteiger partial charge in [-0.25, -0.2) is 4.98 Å². The first-order valence-corrected chi connectivity index (χ1v) is 6.32. The number of aromatic nitrogens is 3. The van der Waals surface area contributed by atoms with E-state index in [0.717, 1.165) is 17.8 Å². The molecule has 0 saturated carbocycles. The molecule has 0 amide bonds. The average Bonchev–Trinajstić information content (AvgIpc) is 2.67. The zero-order valence-corrected chi connectivity index (χ0v) is 11.9. The van der Waals surface area contributed by atoms with E-state index in [9.17, 15) is 0 Å². The van der Waals surface area contributed by atoms with Gasteiger partial charge in [0.1, 0.15) is 0 Å². The molecule has 102 valence electrons. The second-order valence-corrected chi connectivity index (χ2v) is 4.51. The summed E-state index contributed by atoms with van der Waals surface area (Å²) in [4.78, 5) is 4.21. The van der Waals surface area contributed by atoms with E-state index in [4.69, 9.17) is 4.74 Å². The fourth-order valence-corrected chi connectivity index (χ4v) is 2.21. The Morgan fingerprint density at radius 2 is 2.16 bits per heavy atom. The Bertz CT molecular complexity index is 563. The van der Waals surface area contributed by atoms with Gasteiger partial charge in [0.15, 0.2) is 0 Å². The highest BCUT2D eigenvalue weighted by Crippen LogP contribution is 2.18. The van der Waals surface area contributed by atoms with Gasteiger partial charge in [-0.15, -0.1) is 0 Å². The van der Waals surface area contributed by atoms with Crippen molar-refractivity contribution >= 4 is 0 Å². The molecule has 0 aliphatic carbocycles. The lowest BCUT2D eigenvalue weighted by atomic mass is 10.2. The molecular formula is C14H20N4O. The summed E-state index contributed by atoms with van der Waals surface area (Å²) in [6.07, 6.45) is 1.73. The maximum Gasteiger partial charge on any atom is 0.218 e. The lowest BCUT2D eigenvalue weighted by Crippen LogP contribution is -2.09. The molecule has 0 bridgehead atoms. The summed E-state index contributed by atoms with van der Waals surface area (Å²) in [5, 5.41) is 7.77. The Kier molecular flexibility index (Phi) is 4.16. The van der Waals surface area contributed by atoms with Gasteiger partial charge in [-0.1, -0.05) is 6.07 Å². The van der Waals surface area contributed by atoms with E-state index in [0.29, 0.717) is 12.4 Å². The summed E-state index contributed by atoms with van der Waals surface area (Å²) in [5.41, 5.74) is 4.53. The fraction of sp³-hybridized carbons (Fsp3) is 0.429. The second-order valence-electron chi connectivity index (χ2n) is 4.51. The van der Waals surface area contributed by atoms with E-state index in [1.807, 2.05) is 30.8 Å². The van der Waals surface area contributed by atoms with E-state index in [-0.39, 0.29) is 0 Å². The van der Waals surface area contributed by atoms with Gasteiger partial charge in [-0.2, -0.15) is 5.10 Å². The smallest absolute Gasteiger partial charge is 0.218 e. The first-order valence-electron chi connectivity index (χ1n) is 6.32. The minimum atomic E-state index is 0.658. The van der Waals surface area contributed by atoms with Crippen LogP contribution in [0.15, 0.2) is 18.3 Å². The molecular weight excluding hydrogens is 240 g/mol. The molecule has 2 aromatic rings. The highest BCUT2D eigenvalue weighted by Gasteiger charge is 2.12. The zero-order valence-electron chi connectivity index (χ0n) is 11.9. The third kappa shape index (κ3) is 2.76. The summed E-state index contributed by atoms with van der Waals surface area (Å²) >= 11 is 0. The van der Waals surface area contributed by atoms with Crippen LogP contribution in [0.4, 0.5) is 0 Å². The van der Waals surface area contributed by atoms with E-state index >= 15 is 0 Å². The Hall–Kier alpha value is -1.88. The van der Waals surface area contributed by atoms with Crippen molar-refractivity contribution in [1.82, 2.24) is 20.1 Å². The van der Waals surface area contributed by atoms with Crippen molar-refractivity contribution in [3.05, 3.63) is 40.8 Å². The molecule has 0 unspecified atom stereocenters. The van der Waals surface area contributed by atoms with Crippen LogP contribution in [-0.2, 0) is 13.1 Å². The first-order chi connectivity index (χ1) is 9.17. The molecule has 5 nitrogen and oxygen atoms in total. The first kappa shape index (κ1) is 13.5. The standard InChI is InChI=1S/C14H20N4O/c1-10-13(8-15-3)11(2)18(17-10)9-12-6-5-7-16-14(12)19-4/h5-7,15H,8-9H2,1-4H3. The van der Waals surface area contributed by atoms with Crippen molar-refractivity contribution < 1.29 is 4.74 Å². The van der Waals surface area contributed by atoms with Crippen molar-refractivity contribution in [3.63, 3.8) is 0 Å². The number of methoxy groups -OCH3 is 1. The molecule has 0 aromatic carbocycles. The van der Waals surface area contributed by atoms with E-state index in [2.05, 4.69) is 22.3 Å². The Balaban J connectivity index is 2.31. The number of rotatable bonds is 5. The minimum Gasteiger partial charge on any atom is -0.481 e. The molecule has 0 aliphatic rings. The van der Waals surface area contributed by atoms with Gasteiger partial charge in [-0.05, 0) is 27.0 Å². The van der Waals surface area contributed by atoms with Gasteiger partial charge in [0.2, 0.25) is 5.88 Å². The van der Waals surface area contributed by atoms with Crippen molar-refractivity contribution in [3.8, 4) is 5.88 Å². The van der Waals surface area contributed by atoms with Crippen LogP contribution >= 0.6 is 0 Å². The van der Waals surface area contributed by atoms with Crippen LogP contribution in [0.25, 0.3) is 0 Å². The van der Waals surface area contributed by atoms with Crippen molar-refractivity contribution in [2.24, 2.45) is 0 Å². The quantitative estimate of drug-likeness (QED) is 0.888. The number of hydrogen-bond donors (Lipinski definition) is 1. The van der Waals surface area contributed by atoms with Crippen LogP contribution in [0.3, 0.4) is 0 Å². The molecule has 0 atom stereocenters. The Morgan fingerprint density at radius 3 is 2.84 bits per heavy atom. The number of nitrogens with zero attached hydrogens (tertiary/aromatic N) is 3. The predicted molar refractivity (Wildman–Crippen MR) is 74.4 cm³/mol. The number of hydrogen-bond acceptors (Lipinski definition) is 4. The molecule has 0 fully saturated rings. The second kappa shape index (κ2) is 5.84. The van der Waals surface area contributed by atoms with Gasteiger partial charge < -0.3 is 10.1 Å². The van der Waals surface area contributed by atoms with E-state index in [1.165, 1.54) is 11.3 Å². The average molecular weight is 260 g/mol. The number of nitrogens with one attached hydrogen (secondary N) is 1. The topological polar surface area (TPSA) is 52.0 Å². The van der Waals surface area contributed by atoms with Crippen molar-refractivity contribution in [2.45, 2.75) is 26.9 Å². The zero-order chi connectivity index (χ0) is 13.8. The maximum absolute atomic E-state index is 5.28. The number of aryl methyl sites for hydroxylation is 1. The van der Waals surface area contributed by atoms with Gasteiger partial charge in [0, 0.05) is 29.6 Å². The molecule has 0 radical (unpaired) electrons. The van der Waals surface area contributed by atoms with Gasteiger partial charge in [-0.3, -0.25) is 4.68 Å². The van der Waals surface area contributed by atoms with Crippen LogP contribution < -0.4 is 10.1 Å². The molecule has 0 spiro atoms. The summed E-state index contributed by atoms with van der Waals surface area (Å²) in [7, 11) is 3.58. The third-order valence-electron chi connectivity index (χ3n) is 3.25. The lowest BCUT2D eigenvalue weighted by molar-refractivity contribution is 0.390. The third-order valence-corrected chi connectivity index (χ3v) is 3.25. The molecule has 2 aromatic heterocycles. The van der Waals surface area contributed by atoms with Crippen molar-refractivity contribution in [2.75, 3.05) is 14.2 Å². The highest BCUT2D eigenvalue weighted by molar-refractivity contribution is 5.29. The molecule has 19 heavy (non-hydrogen) atoms. The Morgan fingerprint density at radius 1 is 1.37 bits per heavy atom. The molecule has 0 aliphatic heterocycles. The van der Waals surface area contributed by atoms with Crippen LogP contribution in [0, 0.1) is 13.8 Å². The van der Waals surface area contributed by atoms with Crippen LogP contribution in [0.1, 0.15) is 22.5 Å². The van der Waals surface area contributed by atoms with E-state index < -0.39 is 0 Å². The SMILES string of the molecule is CNCc1c(C)nn(Cc2cccnc2OC)c1C. The Labute approximate surface area is 113 Å². The molecule has 2 rings (SSSR count). The summed E-state index contributed by atoms with van der Waals surface area (Å²) in [6, 6.07) is 3.93. The van der Waals surface area contributed by atoms with Gasteiger partial charge in [0.25, 0.3) is 0 Å². The molecule has 5 heteroatoms. The minimum absolute atomic E-state index is 0.658. The lowest BCUT2D eigenvalue weighted by Gasteiger charge is -2.09. The van der Waals surface area contributed by atoms with Gasteiger partial charge in [0.05, 0.1) is 19.3 Å². The fourth-order valence-electron chi connectivity index (χ4n) is 2.21.